The average Bonchev–Trinajstić information content (AvgIpc) is 1.25. The summed E-state index contributed by atoms with van der Waals surface area (Å²) in [5, 5.41) is 0. The second kappa shape index (κ2) is 29.2. The fourth-order valence-corrected chi connectivity index (χ4v) is 0. The molecule has 0 amide bonds. The first-order chi connectivity index (χ1) is 3.46. The molecule has 0 aromatic heterocycles. The maximum atomic E-state index is 8.59. The molecule has 0 radical (unpaired) electrons. The molecule has 1 N–H and O–H groups in total. The van der Waals surface area contributed by atoms with Crippen LogP contribution in [-0.4, -0.2) is 4.89 Å². The van der Waals surface area contributed by atoms with Crippen LogP contribution in [0.3, 0.4) is 0 Å². The minimum Gasteiger partial charge on any atom is -2.00 e. The number of hydrogen-bond acceptors (Lipinski definition) is 5. The van der Waals surface area contributed by atoms with Gasteiger partial charge in [-0.1, -0.05) is 0 Å². The summed E-state index contributed by atoms with van der Waals surface area (Å²) in [6.45, 7) is 0. The van der Waals surface area contributed by atoms with E-state index in [-0.39, 0.29) is 94.1 Å². The molecule has 0 unspecified atom stereocenters. The molecule has 56 valence electrons. The van der Waals surface area contributed by atoms with Gasteiger partial charge in [-0.05, 0) is 0 Å². The molecule has 0 bridgehead atoms. The minimum atomic E-state index is -3.37. The predicted octanol–water partition coefficient (Wildman–Crippen LogP) is -9.61. The van der Waals surface area contributed by atoms with Crippen molar-refractivity contribution in [3.63, 3.8) is 0 Å². The van der Waals surface area contributed by atoms with E-state index in [0.29, 0.717) is 0 Å². The summed E-state index contributed by atoms with van der Waals surface area (Å²) in [5.74, 6) is 0. The third kappa shape index (κ3) is 241. The molecule has 0 spiro atoms. The molecule has 0 saturated carbocycles. The van der Waals surface area contributed by atoms with Crippen molar-refractivity contribution in [1.29, 1.82) is 0 Å². The van der Waals surface area contributed by atoms with Gasteiger partial charge in [0.15, 0.2) is 0 Å². The minimum absolute atomic E-state index is 0. The van der Waals surface area contributed by atoms with Gasteiger partial charge in [0.25, 0.3) is 0 Å². The van der Waals surface area contributed by atoms with Crippen LogP contribution in [0.25, 0.3) is 0 Å². The Morgan fingerprint density at radius 1 is 0.917 bits per heavy atom. The van der Waals surface area contributed by atoms with Crippen LogP contribution in [0.5, 0.6) is 0 Å². The Bertz CT molecular complexity index is 133. The predicted molar refractivity (Wildman–Crippen MR) is 19.5 cm³/mol. The Morgan fingerprint density at radius 2 is 0.917 bits per heavy atom. The van der Waals surface area contributed by atoms with E-state index in [2.05, 4.69) is 0 Å². The summed E-state index contributed by atoms with van der Waals surface area (Å²) in [6.07, 6.45) is 0. The molecule has 0 saturated heterocycles. The van der Waals surface area contributed by atoms with Crippen molar-refractivity contribution in [2.24, 2.45) is 0 Å². The fourth-order valence-electron chi connectivity index (χ4n) is 0. The molecule has 0 atom stereocenters. The van der Waals surface area contributed by atoms with Crippen molar-refractivity contribution in [3.05, 3.63) is 0 Å². The quantitative estimate of drug-likeness (QED) is 0.331. The second-order valence-corrected chi connectivity index (χ2v) is 1.38. The van der Waals surface area contributed by atoms with E-state index < -0.39 is 15.8 Å². The largest absolute Gasteiger partial charge is 2.00 e. The van der Waals surface area contributed by atoms with Gasteiger partial charge in [-0.25, -0.2) is 9.13 Å². The normalized spacial score (nSPS) is 4.17. The molecule has 0 heterocycles. The van der Waals surface area contributed by atoms with Crippen LogP contribution in [0.4, 0.5) is 0 Å². The van der Waals surface area contributed by atoms with Gasteiger partial charge in [0.05, 0.1) is 0 Å². The van der Waals surface area contributed by atoms with Gasteiger partial charge in [-0.15, -0.1) is 0 Å². The van der Waals surface area contributed by atoms with Crippen molar-refractivity contribution in [1.82, 2.24) is 0 Å². The molecule has 0 aromatic carbocycles. The molecule has 12 heavy (non-hydrogen) atoms. The van der Waals surface area contributed by atoms with Crippen molar-refractivity contribution >= 4 is 15.8 Å². The van der Waals surface area contributed by atoms with Gasteiger partial charge in [0, 0.05) is 0 Å². The molecule has 0 aliphatic heterocycles. The second-order valence-electron chi connectivity index (χ2n) is 0.461. The van der Waals surface area contributed by atoms with Crippen LogP contribution in [-0.2, 0) is 23.7 Å². The van der Waals surface area contributed by atoms with Gasteiger partial charge >= 0.3 is 96.6 Å². The molecule has 12 heteroatoms. The van der Waals surface area contributed by atoms with Crippen molar-refractivity contribution in [2.75, 3.05) is 0 Å². The van der Waals surface area contributed by atoms with Crippen LogP contribution >= 0.6 is 15.8 Å². The Labute approximate surface area is 136 Å². The van der Waals surface area contributed by atoms with E-state index in [4.69, 9.17) is 28.0 Å². The summed E-state index contributed by atoms with van der Waals surface area (Å²) < 4.78 is 34.1. The van der Waals surface area contributed by atoms with Crippen molar-refractivity contribution in [3.8, 4) is 0 Å². The Hall–Kier alpha value is 2.68. The Balaban J connectivity index is -0.0000000112. The summed E-state index contributed by atoms with van der Waals surface area (Å²) in [6, 6.07) is 0. The first kappa shape index (κ1) is 36.5. The molecule has 0 rings (SSSR count). The van der Waals surface area contributed by atoms with Crippen LogP contribution in [0.1, 0.15) is 0 Å². The number of rotatable bonds is 0. The van der Waals surface area contributed by atoms with E-state index in [1.165, 1.54) is 0 Å². The average molecular weight is 244 g/mol. The molecule has 0 fully saturated rings. The third-order valence-corrected chi connectivity index (χ3v) is 0. The fraction of sp³-hybridized carbons (Fsp3) is 0. The topological polar surface area (TPSA) is 140 Å². The van der Waals surface area contributed by atoms with Gasteiger partial charge in [0.2, 0.25) is 7.91 Å². The molecule has 0 aliphatic rings. The van der Waals surface area contributed by atoms with E-state index in [1.807, 2.05) is 0 Å². The van der Waals surface area contributed by atoms with E-state index >= 15 is 0 Å². The van der Waals surface area contributed by atoms with Crippen LogP contribution < -0.4 is 93.6 Å². The van der Waals surface area contributed by atoms with E-state index in [1.54, 1.807) is 0 Å². The first-order valence-electron chi connectivity index (χ1n) is 1.11. The summed E-state index contributed by atoms with van der Waals surface area (Å²) in [5.41, 5.74) is 0. The van der Waals surface area contributed by atoms with Crippen LogP contribution in [0.2, 0.25) is 0 Å². The molecule has 0 aliphatic carbocycles. The van der Waals surface area contributed by atoms with Crippen molar-refractivity contribution < 1.29 is 122 Å². The van der Waals surface area contributed by atoms with Gasteiger partial charge in [0.1, 0.15) is 0 Å². The third-order valence-electron chi connectivity index (χ3n) is 0. The molecular weight excluding hydrogens is 243 g/mol. The smallest absolute Gasteiger partial charge is 1.00 e. The zero-order valence-electron chi connectivity index (χ0n) is 6.79. The Kier molecular flexibility index (Phi) is 88.7. The van der Waals surface area contributed by atoms with Gasteiger partial charge in [-0.2, -0.15) is 0 Å². The zero-order valence-corrected chi connectivity index (χ0v) is 14.6. The first-order valence-corrected chi connectivity index (χ1v) is 3.34. The SMILES string of the molecule is O=P(=O)O.O=P(=O)[O-].[Na+].[Na+].[Na+].[O-2]. The summed E-state index contributed by atoms with van der Waals surface area (Å²) >= 11 is 0. The van der Waals surface area contributed by atoms with Gasteiger partial charge < -0.3 is 10.4 Å². The number of hydrogen-bond donors (Lipinski definition) is 1. The molecule has 7 nitrogen and oxygen atoms in total. The monoisotopic (exact) mass is 244 g/mol. The van der Waals surface area contributed by atoms with Crippen molar-refractivity contribution in [2.45, 2.75) is 0 Å². The van der Waals surface area contributed by atoms with E-state index in [0.717, 1.165) is 0 Å². The van der Waals surface area contributed by atoms with Crippen LogP contribution in [0.15, 0.2) is 0 Å². The van der Waals surface area contributed by atoms with Crippen LogP contribution in [0, 0.1) is 0 Å². The van der Waals surface area contributed by atoms with E-state index in [9.17, 15) is 0 Å². The summed E-state index contributed by atoms with van der Waals surface area (Å²) in [7, 11) is -6.49. The summed E-state index contributed by atoms with van der Waals surface area (Å²) in [4.78, 5) is 15.5. The molecule has 0 aromatic rings. The van der Waals surface area contributed by atoms with Gasteiger partial charge in [-0.3, -0.25) is 14.0 Å². The molecular formula is HNa3O7P2. The standard InChI is InChI=1S/3Na.2HO3P.O/c;;;2*1-4(2)3;/h;;;2*(H,1,2,3);/q3*+1;;;-2/p-1. The maximum absolute atomic E-state index is 8.59. The zero-order chi connectivity index (χ0) is 7.15. The Morgan fingerprint density at radius 3 is 0.917 bits per heavy atom. The maximum Gasteiger partial charge on any atom is 1.00 e.